The number of amidine groups is 1. The molecule has 0 bridgehead atoms. The molecule has 0 saturated heterocycles. The number of phenolic OH excluding ortho intramolecular Hbond substituents is 1. The van der Waals surface area contributed by atoms with E-state index in [0.29, 0.717) is 13.0 Å². The summed E-state index contributed by atoms with van der Waals surface area (Å²) in [6.07, 6.45) is 1.50. The number of ether oxygens (including phenoxy) is 1. The smallest absolute Gasteiger partial charge is 0.368 e. The van der Waals surface area contributed by atoms with Crippen LogP contribution in [0.3, 0.4) is 0 Å². The van der Waals surface area contributed by atoms with Crippen LogP contribution in [0.4, 0.5) is 5.69 Å². The summed E-state index contributed by atoms with van der Waals surface area (Å²) < 4.78 is 60.7. The van der Waals surface area contributed by atoms with Crippen LogP contribution in [-0.4, -0.2) is 58.7 Å². The Morgan fingerprint density at radius 3 is 2.62 bits per heavy atom. The van der Waals surface area contributed by atoms with E-state index in [2.05, 4.69) is 14.1 Å². The van der Waals surface area contributed by atoms with E-state index in [0.717, 1.165) is 10.7 Å². The van der Waals surface area contributed by atoms with Gasteiger partial charge in [0.15, 0.2) is 5.75 Å². The van der Waals surface area contributed by atoms with Gasteiger partial charge >= 0.3 is 10.2 Å². The summed E-state index contributed by atoms with van der Waals surface area (Å²) in [5.41, 5.74) is -0.0458. The number of benzene rings is 1. The van der Waals surface area contributed by atoms with E-state index in [-0.39, 0.29) is 22.3 Å². The lowest BCUT2D eigenvalue weighted by atomic mass is 10.3. The molecule has 1 aromatic rings. The van der Waals surface area contributed by atoms with Gasteiger partial charge in [-0.05, 0) is 18.6 Å². The zero-order valence-electron chi connectivity index (χ0n) is 14.5. The Labute approximate surface area is 152 Å². The number of methoxy groups -OCH3 is 1. The van der Waals surface area contributed by atoms with E-state index in [1.807, 2.05) is 6.92 Å². The summed E-state index contributed by atoms with van der Waals surface area (Å²) in [4.78, 5) is -0.307. The number of nitrogens with one attached hydrogen (secondary N) is 1. The average Bonchev–Trinajstić information content (AvgIpc) is 2.87. The van der Waals surface area contributed by atoms with Crippen LogP contribution in [-0.2, 0) is 25.0 Å². The zero-order valence-corrected chi connectivity index (χ0v) is 16.1. The summed E-state index contributed by atoms with van der Waals surface area (Å²) >= 11 is 0. The second kappa shape index (κ2) is 7.60. The van der Waals surface area contributed by atoms with Crippen molar-refractivity contribution < 1.29 is 26.7 Å². The number of phenols is 1. The number of unbranched alkanes of at least 4 members (excludes halogenated alkanes) is 1. The number of rotatable bonds is 6. The molecule has 12 heteroatoms. The molecule has 0 fully saturated rings. The van der Waals surface area contributed by atoms with Gasteiger partial charge in [-0.25, -0.2) is 12.7 Å². The SMILES string of the molecule is CCCCN(C)S(=O)(=O)c1cccc(NC2=NS(=O)(=O)N=C2OC)c1O. The van der Waals surface area contributed by atoms with Crippen LogP contribution in [0.15, 0.2) is 31.9 Å². The fraction of sp³-hybridized carbons (Fsp3) is 0.429. The van der Waals surface area contributed by atoms with Crippen molar-refractivity contribution in [2.45, 2.75) is 24.7 Å². The molecule has 0 unspecified atom stereocenters. The van der Waals surface area contributed by atoms with Gasteiger partial charge in [-0.15, -0.1) is 8.80 Å². The lowest BCUT2D eigenvalue weighted by Gasteiger charge is -2.19. The molecular weight excluding hydrogens is 384 g/mol. The summed E-state index contributed by atoms with van der Waals surface area (Å²) in [5.74, 6) is -1.10. The lowest BCUT2D eigenvalue weighted by molar-refractivity contribution is 0.412. The maximum Gasteiger partial charge on any atom is 0.368 e. The maximum atomic E-state index is 12.6. The van der Waals surface area contributed by atoms with E-state index >= 15 is 0 Å². The number of para-hydroxylation sites is 1. The number of anilines is 1. The first-order valence-electron chi connectivity index (χ1n) is 7.67. The normalized spacial score (nSPS) is 16.3. The summed E-state index contributed by atoms with van der Waals surface area (Å²) in [6, 6.07) is 4.05. The molecule has 0 atom stereocenters. The molecule has 144 valence electrons. The molecule has 0 saturated carbocycles. The predicted octanol–water partition coefficient (Wildman–Crippen LogP) is 0.926. The molecular formula is C14H20N4O6S2. The molecule has 0 spiro atoms. The van der Waals surface area contributed by atoms with Crippen molar-refractivity contribution in [3.63, 3.8) is 0 Å². The second-order valence-electron chi connectivity index (χ2n) is 5.45. The van der Waals surface area contributed by atoms with Crippen molar-refractivity contribution in [2.24, 2.45) is 8.80 Å². The number of hydrogen-bond acceptors (Lipinski definition) is 7. The topological polar surface area (TPSA) is 138 Å². The summed E-state index contributed by atoms with van der Waals surface area (Å²) in [6.45, 7) is 2.25. The highest BCUT2D eigenvalue weighted by molar-refractivity contribution is 7.89. The summed E-state index contributed by atoms with van der Waals surface area (Å²) in [7, 11) is -5.35. The first kappa shape index (κ1) is 20.1. The van der Waals surface area contributed by atoms with Crippen LogP contribution in [0.5, 0.6) is 5.75 Å². The van der Waals surface area contributed by atoms with Gasteiger partial charge in [-0.2, -0.15) is 8.42 Å². The molecule has 26 heavy (non-hydrogen) atoms. The Kier molecular flexibility index (Phi) is 5.88. The molecule has 2 N–H and O–H groups in total. The van der Waals surface area contributed by atoms with Crippen LogP contribution in [0.2, 0.25) is 0 Å². The van der Waals surface area contributed by atoms with E-state index in [9.17, 15) is 21.9 Å². The van der Waals surface area contributed by atoms with Gasteiger partial charge in [0.2, 0.25) is 15.9 Å². The number of aromatic hydroxyl groups is 1. The molecule has 0 aliphatic carbocycles. The third kappa shape index (κ3) is 4.14. The van der Waals surface area contributed by atoms with Crippen LogP contribution >= 0.6 is 0 Å². The number of sulfonamides is 1. The van der Waals surface area contributed by atoms with Crippen molar-refractivity contribution in [3.8, 4) is 5.75 Å². The lowest BCUT2D eigenvalue weighted by Crippen LogP contribution is -2.28. The highest BCUT2D eigenvalue weighted by Gasteiger charge is 2.29. The van der Waals surface area contributed by atoms with Gasteiger partial charge in [0.1, 0.15) is 4.90 Å². The Balaban J connectivity index is 2.38. The van der Waals surface area contributed by atoms with Crippen molar-refractivity contribution in [1.82, 2.24) is 4.31 Å². The fourth-order valence-corrected chi connectivity index (χ4v) is 4.24. The molecule has 1 aliphatic heterocycles. The monoisotopic (exact) mass is 404 g/mol. The van der Waals surface area contributed by atoms with E-state index < -0.39 is 26.0 Å². The maximum absolute atomic E-state index is 12.6. The van der Waals surface area contributed by atoms with E-state index in [1.54, 1.807) is 0 Å². The molecule has 10 nitrogen and oxygen atoms in total. The van der Waals surface area contributed by atoms with E-state index in [1.165, 1.54) is 32.4 Å². The van der Waals surface area contributed by atoms with Crippen LogP contribution < -0.4 is 5.32 Å². The summed E-state index contributed by atoms with van der Waals surface area (Å²) in [5, 5.41) is 12.9. The quantitative estimate of drug-likeness (QED) is 0.673. The first-order chi connectivity index (χ1) is 12.1. The van der Waals surface area contributed by atoms with Crippen molar-refractivity contribution in [1.29, 1.82) is 0 Å². The second-order valence-corrected chi connectivity index (χ2v) is 8.72. The predicted molar refractivity (Wildman–Crippen MR) is 97.3 cm³/mol. The third-order valence-electron chi connectivity index (χ3n) is 3.57. The van der Waals surface area contributed by atoms with Gasteiger partial charge in [0.05, 0.1) is 12.8 Å². The Hall–Kier alpha value is -2.18. The Morgan fingerprint density at radius 1 is 1.31 bits per heavy atom. The van der Waals surface area contributed by atoms with E-state index in [4.69, 9.17) is 4.74 Å². The number of hydrogen-bond donors (Lipinski definition) is 2. The van der Waals surface area contributed by atoms with Crippen LogP contribution in [0, 0.1) is 0 Å². The Morgan fingerprint density at radius 2 is 2.00 bits per heavy atom. The molecule has 0 amide bonds. The highest BCUT2D eigenvalue weighted by Crippen LogP contribution is 2.33. The van der Waals surface area contributed by atoms with Crippen molar-refractivity contribution in [3.05, 3.63) is 18.2 Å². The van der Waals surface area contributed by atoms with Crippen molar-refractivity contribution in [2.75, 3.05) is 26.0 Å². The average molecular weight is 404 g/mol. The van der Waals surface area contributed by atoms with Gasteiger partial charge in [-0.3, -0.25) is 0 Å². The van der Waals surface area contributed by atoms with Gasteiger partial charge in [0.25, 0.3) is 5.90 Å². The first-order valence-corrected chi connectivity index (χ1v) is 10.5. The molecule has 1 heterocycles. The fourth-order valence-electron chi connectivity index (χ4n) is 2.16. The molecule has 0 radical (unpaired) electrons. The van der Waals surface area contributed by atoms with Crippen LogP contribution in [0.1, 0.15) is 19.8 Å². The van der Waals surface area contributed by atoms with Gasteiger partial charge < -0.3 is 15.2 Å². The minimum absolute atomic E-state index is 0.0458. The zero-order chi connectivity index (χ0) is 19.5. The standard InChI is InChI=1S/C14H20N4O6S2/c1-4-5-9-18(2)25(20,21)11-8-6-7-10(12(11)19)15-13-14(24-3)17-26(22,23)16-13/h6-8,19H,4-5,9H2,1-3H3,(H,15,16). The minimum Gasteiger partial charge on any atom is -0.504 e. The highest BCUT2D eigenvalue weighted by atomic mass is 32.2. The molecule has 2 rings (SSSR count). The van der Waals surface area contributed by atoms with Gasteiger partial charge in [0, 0.05) is 13.6 Å². The number of nitrogens with zero attached hydrogens (tertiary/aromatic N) is 3. The van der Waals surface area contributed by atoms with Crippen LogP contribution in [0.25, 0.3) is 0 Å². The molecule has 1 aliphatic rings. The Bertz CT molecular complexity index is 954. The van der Waals surface area contributed by atoms with Crippen molar-refractivity contribution >= 4 is 37.7 Å². The minimum atomic E-state index is -4.07. The third-order valence-corrected chi connectivity index (χ3v) is 6.27. The molecule has 0 aromatic heterocycles. The van der Waals surface area contributed by atoms with Gasteiger partial charge in [-0.1, -0.05) is 19.4 Å². The molecule has 1 aromatic carbocycles. The largest absolute Gasteiger partial charge is 0.504 e.